The first-order valence-corrected chi connectivity index (χ1v) is 20.9. The maximum atomic E-state index is 15.4. The van der Waals surface area contributed by atoms with Gasteiger partial charge in [0.1, 0.15) is 11.9 Å². The molecule has 0 radical (unpaired) electrons. The number of ether oxygens (including phenoxy) is 1. The predicted molar refractivity (Wildman–Crippen MR) is 209 cm³/mol. The SMILES string of the molecule is C=C(C)[C@@H]1CC[C@]2(C(=O)N3CCC[C@H]3c3ncc(-c4ccc([N+](=O)[O-])cc4)[nH]3)CC[C@]3(C)[C@H](CCC4[C@@]5(C)CC[C@H](OC(C)=O)C(C)(C)C5CC[C@]43C)[C@@H]12. The van der Waals surface area contributed by atoms with Gasteiger partial charge >= 0.3 is 5.97 Å². The van der Waals surface area contributed by atoms with E-state index in [1.54, 1.807) is 25.3 Å². The molecule has 2 heterocycles. The third kappa shape index (κ3) is 5.24. The summed E-state index contributed by atoms with van der Waals surface area (Å²) < 4.78 is 5.98. The van der Waals surface area contributed by atoms with E-state index in [2.05, 4.69) is 58.0 Å². The summed E-state index contributed by atoms with van der Waals surface area (Å²) in [4.78, 5) is 48.9. The van der Waals surface area contributed by atoms with E-state index in [1.807, 2.05) is 0 Å². The van der Waals surface area contributed by atoms with Crippen LogP contribution in [-0.2, 0) is 14.3 Å². The number of allylic oxidation sites excluding steroid dienone is 1. The monoisotopic (exact) mass is 738 g/mol. The highest BCUT2D eigenvalue weighted by molar-refractivity contribution is 5.84. The van der Waals surface area contributed by atoms with Crippen LogP contribution in [0, 0.1) is 66.8 Å². The Morgan fingerprint density at radius 1 is 0.907 bits per heavy atom. The molecule has 1 aliphatic heterocycles. The van der Waals surface area contributed by atoms with Crippen LogP contribution in [0.4, 0.5) is 5.69 Å². The van der Waals surface area contributed by atoms with Crippen LogP contribution in [0.3, 0.4) is 0 Å². The molecule has 9 heteroatoms. The molecule has 1 saturated heterocycles. The maximum Gasteiger partial charge on any atom is 0.302 e. The van der Waals surface area contributed by atoms with Gasteiger partial charge in [0.15, 0.2) is 0 Å². The van der Waals surface area contributed by atoms with Gasteiger partial charge in [0.05, 0.1) is 28.3 Å². The van der Waals surface area contributed by atoms with Gasteiger partial charge in [0.25, 0.3) is 5.69 Å². The zero-order chi connectivity index (χ0) is 38.6. The summed E-state index contributed by atoms with van der Waals surface area (Å²) in [7, 11) is 0. The normalized spacial score (nSPS) is 40.9. The van der Waals surface area contributed by atoms with Gasteiger partial charge in [-0.05, 0) is 142 Å². The lowest BCUT2D eigenvalue weighted by molar-refractivity contribution is -0.384. The van der Waals surface area contributed by atoms with Crippen molar-refractivity contribution >= 4 is 17.6 Å². The number of nitrogens with zero attached hydrogens (tertiary/aromatic N) is 3. The van der Waals surface area contributed by atoms with E-state index >= 15 is 4.79 Å². The second-order valence-corrected chi connectivity index (χ2v) is 19.9. The molecular formula is C45H62N4O5. The van der Waals surface area contributed by atoms with Crippen molar-refractivity contribution in [3.63, 3.8) is 0 Å². The fourth-order valence-electron chi connectivity index (χ4n) is 14.9. The number of benzene rings is 1. The van der Waals surface area contributed by atoms with Crippen molar-refractivity contribution in [3.8, 4) is 11.3 Å². The number of nitro benzene ring substituents is 1. The van der Waals surface area contributed by atoms with Crippen molar-refractivity contribution in [2.45, 2.75) is 138 Å². The van der Waals surface area contributed by atoms with Gasteiger partial charge in [-0.2, -0.15) is 0 Å². The number of aromatic amines is 1. The number of carbonyl (C=O) groups excluding carboxylic acids is 2. The Bertz CT molecular complexity index is 1850. The largest absolute Gasteiger partial charge is 0.462 e. The fourth-order valence-corrected chi connectivity index (χ4v) is 14.9. The smallest absolute Gasteiger partial charge is 0.302 e. The molecule has 2 unspecified atom stereocenters. The number of esters is 1. The number of non-ortho nitro benzene ring substituents is 1. The number of nitrogens with one attached hydrogen (secondary N) is 1. The summed E-state index contributed by atoms with van der Waals surface area (Å²) >= 11 is 0. The molecular weight excluding hydrogens is 677 g/mol. The minimum Gasteiger partial charge on any atom is -0.462 e. The highest BCUT2D eigenvalue weighted by Gasteiger charge is 2.72. The number of H-pyrrole nitrogens is 1. The van der Waals surface area contributed by atoms with Gasteiger partial charge in [-0.3, -0.25) is 19.7 Å². The Morgan fingerprint density at radius 3 is 2.33 bits per heavy atom. The van der Waals surface area contributed by atoms with Crippen molar-refractivity contribution in [2.75, 3.05) is 6.54 Å². The fraction of sp³-hybridized carbons (Fsp3) is 0.711. The Balaban J connectivity index is 1.09. The molecule has 11 atom stereocenters. The van der Waals surface area contributed by atoms with Crippen LogP contribution in [0.25, 0.3) is 11.3 Å². The van der Waals surface area contributed by atoms with Crippen molar-refractivity contribution < 1.29 is 19.2 Å². The van der Waals surface area contributed by atoms with Crippen molar-refractivity contribution in [1.29, 1.82) is 0 Å². The summed E-state index contributed by atoms with van der Waals surface area (Å²) in [6, 6.07) is 6.44. The summed E-state index contributed by atoms with van der Waals surface area (Å²) in [6.07, 6.45) is 14.3. The van der Waals surface area contributed by atoms with Gasteiger partial charge in [0.2, 0.25) is 5.91 Å². The molecule has 6 aliphatic rings. The van der Waals surface area contributed by atoms with Crippen LogP contribution >= 0.6 is 0 Å². The van der Waals surface area contributed by atoms with Crippen LogP contribution in [0.15, 0.2) is 42.6 Å². The highest BCUT2D eigenvalue weighted by atomic mass is 16.6. The van der Waals surface area contributed by atoms with Gasteiger partial charge in [-0.25, -0.2) is 4.98 Å². The summed E-state index contributed by atoms with van der Waals surface area (Å²) in [5.74, 6) is 3.19. The third-order valence-corrected chi connectivity index (χ3v) is 17.6. The number of rotatable bonds is 6. The third-order valence-electron chi connectivity index (χ3n) is 17.6. The van der Waals surface area contributed by atoms with Crippen molar-refractivity contribution in [2.24, 2.45) is 56.7 Å². The molecule has 5 aliphatic carbocycles. The molecule has 1 aromatic heterocycles. The number of hydrogen-bond donors (Lipinski definition) is 1. The summed E-state index contributed by atoms with van der Waals surface area (Å²) in [5, 5.41) is 11.2. The predicted octanol–water partition coefficient (Wildman–Crippen LogP) is 10.2. The van der Waals surface area contributed by atoms with Gasteiger partial charge in [0, 0.05) is 36.6 Å². The molecule has 0 bridgehead atoms. The number of carbonyl (C=O) groups is 2. The quantitative estimate of drug-likeness (QED) is 0.136. The molecule has 5 saturated carbocycles. The lowest BCUT2D eigenvalue weighted by Gasteiger charge is -2.73. The standard InChI is InChI=1S/C45H62N4O5/c1-27(2)31-17-22-45(40(51)48-25-9-10-34(48)39-46-26-33(47-39)29-11-13-30(14-12-29)49(52)53)24-23-43(7)32(38(31)45)15-16-36-42(6)20-19-37(54-28(3)50)41(4,5)35(42)18-21-44(36,43)8/h11-14,26,31-32,34-38H,1,9-10,15-25H2,2-8H3,(H,46,47)/t31-,32+,34-,35?,36?,37-,38+,42-,43+,44+,45-/m0/s1. The number of amides is 1. The van der Waals surface area contributed by atoms with E-state index in [9.17, 15) is 14.9 Å². The number of hydrogen-bond acceptors (Lipinski definition) is 6. The maximum absolute atomic E-state index is 15.4. The van der Waals surface area contributed by atoms with Crippen LogP contribution in [0.5, 0.6) is 0 Å². The number of imidazole rings is 1. The zero-order valence-electron chi connectivity index (χ0n) is 33.7. The second-order valence-electron chi connectivity index (χ2n) is 19.9. The van der Waals surface area contributed by atoms with E-state index in [0.29, 0.717) is 29.6 Å². The Morgan fingerprint density at radius 2 is 1.65 bits per heavy atom. The molecule has 8 rings (SSSR count). The molecule has 6 fully saturated rings. The zero-order valence-corrected chi connectivity index (χ0v) is 33.7. The van der Waals surface area contributed by atoms with Crippen LogP contribution in [0.1, 0.15) is 137 Å². The number of nitro groups is 1. The first-order valence-electron chi connectivity index (χ1n) is 20.9. The molecule has 1 aromatic carbocycles. The number of aromatic nitrogens is 2. The van der Waals surface area contributed by atoms with Gasteiger partial charge in [-0.15, -0.1) is 0 Å². The number of likely N-dealkylation sites (tertiary alicyclic amines) is 1. The summed E-state index contributed by atoms with van der Waals surface area (Å²) in [5.41, 5.74) is 2.98. The molecule has 292 valence electrons. The highest BCUT2D eigenvalue weighted by Crippen LogP contribution is 2.78. The molecule has 1 amide bonds. The average Bonchev–Trinajstić information content (AvgIpc) is 3.89. The average molecular weight is 739 g/mol. The molecule has 0 spiro atoms. The van der Waals surface area contributed by atoms with Crippen molar-refractivity contribution in [1.82, 2.24) is 14.9 Å². The Hall–Kier alpha value is -3.49. The van der Waals surface area contributed by atoms with E-state index in [1.165, 1.54) is 30.5 Å². The first kappa shape index (κ1) is 37.4. The lowest BCUT2D eigenvalue weighted by atomic mass is 9.32. The molecule has 9 nitrogen and oxygen atoms in total. The lowest BCUT2D eigenvalue weighted by Crippen LogP contribution is -2.67. The molecule has 54 heavy (non-hydrogen) atoms. The van der Waals surface area contributed by atoms with Crippen LogP contribution in [0.2, 0.25) is 0 Å². The van der Waals surface area contributed by atoms with Gasteiger partial charge in [-0.1, -0.05) is 46.8 Å². The van der Waals surface area contributed by atoms with E-state index in [4.69, 9.17) is 9.72 Å². The van der Waals surface area contributed by atoms with E-state index < -0.39 is 5.41 Å². The molecule has 1 N–H and O–H groups in total. The van der Waals surface area contributed by atoms with Crippen molar-refractivity contribution in [3.05, 3.63) is 58.6 Å². The van der Waals surface area contributed by atoms with Crippen LogP contribution in [-0.4, -0.2) is 44.3 Å². The Kier molecular flexibility index (Phi) is 8.85. The van der Waals surface area contributed by atoms with Crippen LogP contribution < -0.4 is 0 Å². The van der Waals surface area contributed by atoms with E-state index in [-0.39, 0.29) is 56.3 Å². The van der Waals surface area contributed by atoms with E-state index in [0.717, 1.165) is 87.8 Å². The Labute approximate surface area is 321 Å². The minimum absolute atomic E-state index is 0.0232. The topological polar surface area (TPSA) is 118 Å². The summed E-state index contributed by atoms with van der Waals surface area (Å²) in [6.45, 7) is 21.7. The minimum atomic E-state index is -0.390. The number of fused-ring (bicyclic) bond motifs is 7. The molecule has 2 aromatic rings. The van der Waals surface area contributed by atoms with Gasteiger partial charge < -0.3 is 14.6 Å². The second kappa shape index (κ2) is 12.8. The first-order chi connectivity index (χ1) is 25.5.